The van der Waals surface area contributed by atoms with Gasteiger partial charge in [-0.1, -0.05) is 60.7 Å². The van der Waals surface area contributed by atoms with Gasteiger partial charge in [0.1, 0.15) is 12.0 Å². The number of hydrogen-bond donors (Lipinski definition) is 1. The van der Waals surface area contributed by atoms with Gasteiger partial charge in [-0.25, -0.2) is 9.97 Å². The summed E-state index contributed by atoms with van der Waals surface area (Å²) in [5.41, 5.74) is 5.16. The average Bonchev–Trinajstić information content (AvgIpc) is 2.69. The lowest BCUT2D eigenvalue weighted by Gasteiger charge is -2.24. The molecule has 2 aromatic carbocycles. The molecule has 3 aromatic rings. The number of aliphatic imine (C=N–C) groups is 1. The highest BCUT2D eigenvalue weighted by Crippen LogP contribution is 2.25. The molecular weight excluding hydrogens is 308 g/mol. The molecule has 1 atom stereocenters. The standard InChI is InChI=1S/C21H18N4/c1-15-22-13-18(14-23-15)21-24-19(16-8-4-2-5-9-16)12-20(25-21)17-10-6-3-7-11-17/h2-14,21,24H,1H3. The summed E-state index contributed by atoms with van der Waals surface area (Å²) in [5.74, 6) is 0.755. The molecule has 1 aliphatic heterocycles. The van der Waals surface area contributed by atoms with E-state index in [4.69, 9.17) is 4.99 Å². The van der Waals surface area contributed by atoms with Gasteiger partial charge in [0.05, 0.1) is 5.71 Å². The fourth-order valence-corrected chi connectivity index (χ4v) is 2.79. The quantitative estimate of drug-likeness (QED) is 0.794. The molecular formula is C21H18N4. The van der Waals surface area contributed by atoms with Gasteiger partial charge in [-0.2, -0.15) is 0 Å². The fraction of sp³-hybridized carbons (Fsp3) is 0.0952. The lowest BCUT2D eigenvalue weighted by Crippen LogP contribution is -2.25. The second-order valence-corrected chi connectivity index (χ2v) is 5.91. The zero-order valence-electron chi connectivity index (χ0n) is 13.9. The number of nitrogens with one attached hydrogen (secondary N) is 1. The van der Waals surface area contributed by atoms with Crippen molar-refractivity contribution >= 4 is 11.4 Å². The van der Waals surface area contributed by atoms with Crippen molar-refractivity contribution in [2.75, 3.05) is 0 Å². The summed E-state index contributed by atoms with van der Waals surface area (Å²) in [6.45, 7) is 1.88. The summed E-state index contributed by atoms with van der Waals surface area (Å²) < 4.78 is 0. The van der Waals surface area contributed by atoms with Gasteiger partial charge >= 0.3 is 0 Å². The second kappa shape index (κ2) is 6.69. The van der Waals surface area contributed by atoms with E-state index in [1.54, 1.807) is 0 Å². The molecule has 0 spiro atoms. The van der Waals surface area contributed by atoms with Crippen molar-refractivity contribution in [2.24, 2.45) is 4.99 Å². The summed E-state index contributed by atoms with van der Waals surface area (Å²) in [6.07, 6.45) is 5.55. The molecule has 1 aliphatic rings. The zero-order chi connectivity index (χ0) is 17.1. The molecule has 1 aromatic heterocycles. The predicted molar refractivity (Wildman–Crippen MR) is 100 cm³/mol. The van der Waals surface area contributed by atoms with Crippen LogP contribution in [-0.2, 0) is 0 Å². The first-order valence-corrected chi connectivity index (χ1v) is 8.25. The number of benzene rings is 2. The van der Waals surface area contributed by atoms with Crippen LogP contribution in [0.2, 0.25) is 0 Å². The van der Waals surface area contributed by atoms with E-state index in [1.807, 2.05) is 55.7 Å². The van der Waals surface area contributed by atoms with Crippen LogP contribution in [0.4, 0.5) is 0 Å². The van der Waals surface area contributed by atoms with Crippen LogP contribution in [0.15, 0.2) is 84.1 Å². The summed E-state index contributed by atoms with van der Waals surface area (Å²) in [6, 6.07) is 20.5. The van der Waals surface area contributed by atoms with Gasteiger partial charge in [-0.05, 0) is 24.1 Å². The zero-order valence-corrected chi connectivity index (χ0v) is 13.9. The van der Waals surface area contributed by atoms with Crippen molar-refractivity contribution in [1.29, 1.82) is 0 Å². The molecule has 0 saturated heterocycles. The number of rotatable bonds is 3. The molecule has 4 heteroatoms. The van der Waals surface area contributed by atoms with Gasteiger partial charge in [0.2, 0.25) is 0 Å². The molecule has 0 amide bonds. The van der Waals surface area contributed by atoms with Crippen molar-refractivity contribution in [3.63, 3.8) is 0 Å². The first kappa shape index (κ1) is 15.3. The second-order valence-electron chi connectivity index (χ2n) is 5.91. The first-order valence-electron chi connectivity index (χ1n) is 8.25. The topological polar surface area (TPSA) is 50.2 Å². The third-order valence-corrected chi connectivity index (χ3v) is 4.11. The molecule has 0 aliphatic carbocycles. The Bertz CT molecular complexity index is 913. The Hall–Kier alpha value is -3.27. The van der Waals surface area contributed by atoms with Gasteiger partial charge in [0, 0.05) is 23.7 Å². The smallest absolute Gasteiger partial charge is 0.148 e. The van der Waals surface area contributed by atoms with Crippen LogP contribution in [-0.4, -0.2) is 15.7 Å². The predicted octanol–water partition coefficient (Wildman–Crippen LogP) is 3.92. The normalized spacial score (nSPS) is 16.6. The van der Waals surface area contributed by atoms with E-state index in [0.717, 1.165) is 33.9 Å². The van der Waals surface area contributed by atoms with Crippen molar-refractivity contribution in [3.05, 3.63) is 102 Å². The average molecular weight is 326 g/mol. The summed E-state index contributed by atoms with van der Waals surface area (Å²) in [7, 11) is 0. The van der Waals surface area contributed by atoms with Crippen LogP contribution in [0, 0.1) is 6.92 Å². The number of aryl methyl sites for hydroxylation is 1. The van der Waals surface area contributed by atoms with Crippen LogP contribution < -0.4 is 5.32 Å². The molecule has 4 nitrogen and oxygen atoms in total. The van der Waals surface area contributed by atoms with Gasteiger partial charge < -0.3 is 5.32 Å². The molecule has 25 heavy (non-hydrogen) atoms. The van der Waals surface area contributed by atoms with Crippen molar-refractivity contribution in [1.82, 2.24) is 15.3 Å². The molecule has 0 saturated carbocycles. The Labute approximate surface area is 147 Å². The number of nitrogens with zero attached hydrogens (tertiary/aromatic N) is 3. The van der Waals surface area contributed by atoms with Crippen LogP contribution in [0.1, 0.15) is 28.7 Å². The molecule has 0 bridgehead atoms. The first-order chi connectivity index (χ1) is 12.3. The molecule has 1 N–H and O–H groups in total. The van der Waals surface area contributed by atoms with E-state index < -0.39 is 0 Å². The van der Waals surface area contributed by atoms with E-state index in [9.17, 15) is 0 Å². The summed E-state index contributed by atoms with van der Waals surface area (Å²) in [4.78, 5) is 13.5. The molecule has 4 rings (SSSR count). The van der Waals surface area contributed by atoms with Crippen molar-refractivity contribution in [2.45, 2.75) is 13.1 Å². The maximum absolute atomic E-state index is 4.88. The van der Waals surface area contributed by atoms with E-state index >= 15 is 0 Å². The lowest BCUT2D eigenvalue weighted by molar-refractivity contribution is 0.655. The Morgan fingerprint density at radius 3 is 2.04 bits per heavy atom. The van der Waals surface area contributed by atoms with E-state index in [0.29, 0.717) is 0 Å². The number of allylic oxidation sites excluding steroid dienone is 1. The van der Waals surface area contributed by atoms with Crippen LogP contribution in [0.25, 0.3) is 5.70 Å². The van der Waals surface area contributed by atoms with Crippen LogP contribution in [0.3, 0.4) is 0 Å². The minimum atomic E-state index is -0.212. The largest absolute Gasteiger partial charge is 0.359 e. The maximum atomic E-state index is 4.88. The molecule has 2 heterocycles. The van der Waals surface area contributed by atoms with Crippen molar-refractivity contribution < 1.29 is 0 Å². The Morgan fingerprint density at radius 1 is 0.800 bits per heavy atom. The van der Waals surface area contributed by atoms with E-state index in [-0.39, 0.29) is 6.17 Å². The van der Waals surface area contributed by atoms with Crippen LogP contribution in [0.5, 0.6) is 0 Å². The van der Waals surface area contributed by atoms with E-state index in [1.165, 1.54) is 0 Å². The minimum absolute atomic E-state index is 0.212. The van der Waals surface area contributed by atoms with Gasteiger partial charge in [0.15, 0.2) is 0 Å². The third-order valence-electron chi connectivity index (χ3n) is 4.11. The highest BCUT2D eigenvalue weighted by atomic mass is 15.1. The number of hydrogen-bond acceptors (Lipinski definition) is 4. The summed E-state index contributed by atoms with van der Waals surface area (Å²) in [5, 5.41) is 3.50. The SMILES string of the molecule is Cc1ncc(C2N=C(c3ccccc3)C=C(c3ccccc3)N2)cn1. The Morgan fingerprint density at radius 2 is 1.40 bits per heavy atom. The summed E-state index contributed by atoms with van der Waals surface area (Å²) >= 11 is 0. The Kier molecular flexibility index (Phi) is 4.09. The van der Waals surface area contributed by atoms with Gasteiger partial charge in [-0.15, -0.1) is 0 Å². The molecule has 122 valence electrons. The highest BCUT2D eigenvalue weighted by molar-refractivity contribution is 6.13. The van der Waals surface area contributed by atoms with E-state index in [2.05, 4.69) is 45.6 Å². The molecule has 1 unspecified atom stereocenters. The lowest BCUT2D eigenvalue weighted by atomic mass is 10.0. The van der Waals surface area contributed by atoms with Crippen molar-refractivity contribution in [3.8, 4) is 0 Å². The fourth-order valence-electron chi connectivity index (χ4n) is 2.79. The number of aromatic nitrogens is 2. The minimum Gasteiger partial charge on any atom is -0.359 e. The molecule has 0 fully saturated rings. The Balaban J connectivity index is 1.78. The molecule has 0 radical (unpaired) electrons. The third kappa shape index (κ3) is 3.33. The van der Waals surface area contributed by atoms with Gasteiger partial charge in [-0.3, -0.25) is 4.99 Å². The monoisotopic (exact) mass is 326 g/mol. The van der Waals surface area contributed by atoms with Crippen LogP contribution >= 0.6 is 0 Å². The highest BCUT2D eigenvalue weighted by Gasteiger charge is 2.19. The van der Waals surface area contributed by atoms with Gasteiger partial charge in [0.25, 0.3) is 0 Å². The maximum Gasteiger partial charge on any atom is 0.148 e.